The van der Waals surface area contributed by atoms with Gasteiger partial charge in [-0.15, -0.1) is 0 Å². The number of benzene rings is 3. The summed E-state index contributed by atoms with van der Waals surface area (Å²) in [4.78, 5) is 60.4. The zero-order valence-electron chi connectivity index (χ0n) is 34.0. The number of nitrogens with one attached hydrogen (secondary N) is 3. The molecule has 5 unspecified atom stereocenters. The van der Waals surface area contributed by atoms with Crippen molar-refractivity contribution in [3.8, 4) is 0 Å². The first-order chi connectivity index (χ1) is 28.1. The SMILES string of the molecule is C=C(NC(Cc1ccccc1)C(=O)NC1(C(=O)NC(CCCCN)C(=O)N2C3CC2CN(CC(=O)CCc2ccccc2)C3)CCCCC1)C(N)Cc1ccccc1. The van der Waals surface area contributed by atoms with Gasteiger partial charge in [0.2, 0.25) is 17.7 Å². The molecular weight excluding hydrogens is 727 g/mol. The van der Waals surface area contributed by atoms with E-state index in [-0.39, 0.29) is 35.6 Å². The summed E-state index contributed by atoms with van der Waals surface area (Å²) in [5, 5.41) is 9.74. The van der Waals surface area contributed by atoms with Gasteiger partial charge in [0.25, 0.3) is 0 Å². The zero-order valence-corrected chi connectivity index (χ0v) is 34.0. The first-order valence-corrected chi connectivity index (χ1v) is 21.4. The number of hydrogen-bond acceptors (Lipinski definition) is 8. The Bertz CT molecular complexity index is 1810. The third-order valence-electron chi connectivity index (χ3n) is 12.2. The molecule has 7 N–H and O–H groups in total. The van der Waals surface area contributed by atoms with Crippen LogP contribution in [0, 0.1) is 0 Å². The maximum Gasteiger partial charge on any atom is 0.246 e. The van der Waals surface area contributed by atoms with Gasteiger partial charge in [-0.3, -0.25) is 24.1 Å². The molecule has 3 heterocycles. The molecule has 2 bridgehead atoms. The van der Waals surface area contributed by atoms with Crippen LogP contribution in [0.4, 0.5) is 0 Å². The predicted octanol–water partition coefficient (Wildman–Crippen LogP) is 4.19. The Morgan fingerprint density at radius 1 is 0.759 bits per heavy atom. The smallest absolute Gasteiger partial charge is 0.246 e. The third-order valence-corrected chi connectivity index (χ3v) is 12.2. The molecule has 0 aromatic heterocycles. The fourth-order valence-corrected chi connectivity index (χ4v) is 8.94. The number of piperidine rings is 1. The number of piperazine rings is 1. The highest BCUT2D eigenvalue weighted by atomic mass is 16.2. The fourth-order valence-electron chi connectivity index (χ4n) is 8.94. The molecule has 4 aliphatic rings. The summed E-state index contributed by atoms with van der Waals surface area (Å²) < 4.78 is 0. The van der Waals surface area contributed by atoms with E-state index in [1.165, 1.54) is 0 Å². The van der Waals surface area contributed by atoms with E-state index in [2.05, 4.69) is 27.4 Å². The van der Waals surface area contributed by atoms with Crippen molar-refractivity contribution >= 4 is 23.5 Å². The molecule has 4 fully saturated rings. The normalized spacial score (nSPS) is 20.1. The van der Waals surface area contributed by atoms with Crippen LogP contribution in [0.15, 0.2) is 103 Å². The van der Waals surface area contributed by atoms with Gasteiger partial charge in [0.15, 0.2) is 0 Å². The number of carbonyl (C=O) groups excluding carboxylic acids is 4. The van der Waals surface area contributed by atoms with E-state index < -0.39 is 23.7 Å². The van der Waals surface area contributed by atoms with Crippen molar-refractivity contribution < 1.29 is 19.2 Å². The molecule has 3 aromatic carbocycles. The maximum absolute atomic E-state index is 14.6. The molecule has 58 heavy (non-hydrogen) atoms. The Kier molecular flexibility index (Phi) is 15.3. The van der Waals surface area contributed by atoms with Crippen molar-refractivity contribution in [1.82, 2.24) is 25.8 Å². The number of nitrogens with two attached hydrogens (primary N) is 2. The number of unbranched alkanes of at least 4 members (excludes halogenated alkanes) is 1. The zero-order chi connectivity index (χ0) is 40.9. The minimum Gasteiger partial charge on any atom is -0.376 e. The van der Waals surface area contributed by atoms with Crippen LogP contribution in [0.1, 0.15) is 80.9 Å². The molecule has 3 aromatic rings. The van der Waals surface area contributed by atoms with Crippen LogP contribution in [0.2, 0.25) is 0 Å². The molecular formula is C47H63N7O4. The summed E-state index contributed by atoms with van der Waals surface area (Å²) in [7, 11) is 0. The minimum absolute atomic E-state index is 0.00314. The number of aryl methyl sites for hydroxylation is 1. The van der Waals surface area contributed by atoms with Gasteiger partial charge >= 0.3 is 0 Å². The molecule has 7 rings (SSSR count). The Morgan fingerprint density at radius 2 is 1.34 bits per heavy atom. The number of nitrogens with zero attached hydrogens (tertiary/aromatic N) is 2. The van der Waals surface area contributed by atoms with Crippen LogP contribution in [0.3, 0.4) is 0 Å². The van der Waals surface area contributed by atoms with Gasteiger partial charge in [-0.2, -0.15) is 0 Å². The highest BCUT2D eigenvalue weighted by Gasteiger charge is 2.50. The minimum atomic E-state index is -1.17. The van der Waals surface area contributed by atoms with E-state index in [1.54, 1.807) is 0 Å². The lowest BCUT2D eigenvalue weighted by Gasteiger charge is -2.57. The quantitative estimate of drug-likeness (QED) is 0.100. The number of amides is 3. The van der Waals surface area contributed by atoms with Gasteiger partial charge in [-0.1, -0.05) is 117 Å². The van der Waals surface area contributed by atoms with E-state index >= 15 is 0 Å². The molecule has 0 spiro atoms. The number of carbonyl (C=O) groups is 4. The Morgan fingerprint density at radius 3 is 1.95 bits per heavy atom. The van der Waals surface area contributed by atoms with Gasteiger partial charge in [0, 0.05) is 49.8 Å². The van der Waals surface area contributed by atoms with Gasteiger partial charge in [-0.05, 0) is 74.6 Å². The molecule has 310 valence electrons. The van der Waals surface area contributed by atoms with Crippen molar-refractivity contribution in [1.29, 1.82) is 0 Å². The largest absolute Gasteiger partial charge is 0.376 e. The first kappa shape index (κ1) is 42.8. The summed E-state index contributed by atoms with van der Waals surface area (Å²) in [6, 6.07) is 27.8. The number of Topliss-reactive ketones (excluding diaryl/α,β-unsaturated/α-hetero) is 1. The van der Waals surface area contributed by atoms with Crippen LogP contribution in [0.25, 0.3) is 0 Å². The molecule has 3 amide bonds. The maximum atomic E-state index is 14.6. The summed E-state index contributed by atoms with van der Waals surface area (Å²) in [6.45, 7) is 6.39. The van der Waals surface area contributed by atoms with Crippen LogP contribution in [0.5, 0.6) is 0 Å². The first-order valence-electron chi connectivity index (χ1n) is 21.4. The Balaban J connectivity index is 1.11. The van der Waals surface area contributed by atoms with Gasteiger partial charge in [0.1, 0.15) is 23.4 Å². The van der Waals surface area contributed by atoms with Crippen molar-refractivity contribution in [3.05, 3.63) is 120 Å². The second-order valence-electron chi connectivity index (χ2n) is 16.7. The summed E-state index contributed by atoms with van der Waals surface area (Å²) in [5.74, 6) is -0.515. The van der Waals surface area contributed by atoms with E-state index in [1.807, 2.05) is 95.9 Å². The molecule has 5 atom stereocenters. The number of rotatable bonds is 21. The van der Waals surface area contributed by atoms with Crippen LogP contribution in [-0.4, -0.2) is 95.2 Å². The van der Waals surface area contributed by atoms with Crippen LogP contribution in [-0.2, 0) is 38.4 Å². The highest BCUT2D eigenvalue weighted by molar-refractivity contribution is 5.96. The highest BCUT2D eigenvalue weighted by Crippen LogP contribution is 2.34. The molecule has 0 radical (unpaired) electrons. The standard InChI is InChI=1S/C47H63N7O4/c1-34(41(49)28-36-18-8-3-9-19-36)50-43(29-37-20-10-4-11-21-37)44(56)52-47(25-13-5-14-26-47)46(58)51-42(22-12-15-27-48)45(57)54-38-30-39(54)32-53(31-38)33-40(55)24-23-35-16-6-2-7-17-35/h2-4,6-11,16-21,38-39,41-43,50H,1,5,12-15,22-33,48-49H2,(H,51,58)(H,52,56). The van der Waals surface area contributed by atoms with Crippen molar-refractivity contribution in [2.75, 3.05) is 26.2 Å². The van der Waals surface area contributed by atoms with E-state index in [4.69, 9.17) is 11.5 Å². The second-order valence-corrected chi connectivity index (χ2v) is 16.7. The van der Waals surface area contributed by atoms with Crippen molar-refractivity contribution in [2.45, 2.75) is 119 Å². The lowest BCUT2D eigenvalue weighted by Crippen LogP contribution is -2.73. The number of hydrogen-bond donors (Lipinski definition) is 5. The van der Waals surface area contributed by atoms with Gasteiger partial charge < -0.3 is 32.3 Å². The van der Waals surface area contributed by atoms with Gasteiger partial charge in [-0.25, -0.2) is 0 Å². The third kappa shape index (κ3) is 11.4. The van der Waals surface area contributed by atoms with E-state index in [0.717, 1.165) is 55.2 Å². The van der Waals surface area contributed by atoms with E-state index in [0.29, 0.717) is 76.8 Å². The van der Waals surface area contributed by atoms with Crippen LogP contribution < -0.4 is 27.4 Å². The summed E-state index contributed by atoms with van der Waals surface area (Å²) >= 11 is 0. The lowest BCUT2D eigenvalue weighted by molar-refractivity contribution is -0.158. The number of ketones is 1. The topological polar surface area (TPSA) is 163 Å². The molecule has 3 saturated heterocycles. The monoisotopic (exact) mass is 789 g/mol. The molecule has 11 nitrogen and oxygen atoms in total. The van der Waals surface area contributed by atoms with Gasteiger partial charge in [0.05, 0.1) is 6.54 Å². The average molecular weight is 790 g/mol. The second kappa shape index (κ2) is 20.7. The van der Waals surface area contributed by atoms with Crippen molar-refractivity contribution in [3.63, 3.8) is 0 Å². The number of fused-ring (bicyclic) bond motifs is 2. The molecule has 3 aliphatic heterocycles. The lowest BCUT2D eigenvalue weighted by atomic mass is 9.80. The predicted molar refractivity (Wildman–Crippen MR) is 228 cm³/mol. The van der Waals surface area contributed by atoms with E-state index in [9.17, 15) is 19.2 Å². The molecule has 11 heteroatoms. The summed E-state index contributed by atoms with van der Waals surface area (Å²) in [5.41, 5.74) is 15.0. The molecule has 1 saturated carbocycles. The summed E-state index contributed by atoms with van der Waals surface area (Å²) in [6.07, 6.45) is 8.38. The van der Waals surface area contributed by atoms with Crippen LogP contribution >= 0.6 is 0 Å². The average Bonchev–Trinajstić information content (AvgIpc) is 3.23. The fraction of sp³-hybridized carbons (Fsp3) is 0.489. The molecule has 1 aliphatic carbocycles. The van der Waals surface area contributed by atoms with Crippen molar-refractivity contribution in [2.24, 2.45) is 11.5 Å². The Labute approximate surface area is 344 Å². The Hall–Kier alpha value is -4.84.